The number of sulfonamides is 1. The number of anilines is 1. The van der Waals surface area contributed by atoms with Gasteiger partial charge in [-0.2, -0.15) is 27.6 Å². The van der Waals surface area contributed by atoms with Gasteiger partial charge < -0.3 is 15.2 Å². The molecule has 2 fully saturated rings. The Morgan fingerprint density at radius 2 is 1.94 bits per heavy atom. The number of aryl methyl sites for hydroxylation is 1. The molecule has 0 spiro atoms. The molecule has 0 radical (unpaired) electrons. The van der Waals surface area contributed by atoms with Gasteiger partial charge >= 0.3 is 6.18 Å². The summed E-state index contributed by atoms with van der Waals surface area (Å²) in [5, 5.41) is 3.87. The van der Waals surface area contributed by atoms with E-state index in [1.165, 1.54) is 21.4 Å². The maximum absolute atomic E-state index is 14.0. The Morgan fingerprint density at radius 3 is 2.50 bits per heavy atom. The van der Waals surface area contributed by atoms with Crippen LogP contribution in [-0.4, -0.2) is 64.9 Å². The van der Waals surface area contributed by atoms with E-state index in [9.17, 15) is 21.6 Å². The van der Waals surface area contributed by atoms with E-state index >= 15 is 0 Å². The van der Waals surface area contributed by atoms with E-state index in [1.807, 2.05) is 0 Å². The summed E-state index contributed by atoms with van der Waals surface area (Å²) in [5.41, 5.74) is 4.38. The van der Waals surface area contributed by atoms with Gasteiger partial charge in [-0.05, 0) is 12.8 Å². The number of halogens is 3. The second-order valence-corrected chi connectivity index (χ2v) is 9.71. The van der Waals surface area contributed by atoms with Crippen LogP contribution in [0.4, 0.5) is 19.1 Å². The van der Waals surface area contributed by atoms with Gasteiger partial charge in [-0.15, -0.1) is 0 Å². The van der Waals surface area contributed by atoms with Crippen molar-refractivity contribution in [3.63, 3.8) is 0 Å². The molecule has 0 aromatic carbocycles. The number of alkyl halides is 3. The summed E-state index contributed by atoms with van der Waals surface area (Å²) < 4.78 is 80.9. The van der Waals surface area contributed by atoms with Crippen molar-refractivity contribution in [3.05, 3.63) is 23.7 Å². The van der Waals surface area contributed by atoms with Crippen LogP contribution in [-0.2, 0) is 28.0 Å². The molecule has 0 aliphatic carbocycles. The lowest BCUT2D eigenvalue weighted by atomic mass is 9.91. The lowest BCUT2D eigenvalue weighted by Crippen LogP contribution is -2.38. The quantitative estimate of drug-likeness (QED) is 0.689. The van der Waals surface area contributed by atoms with E-state index in [2.05, 4.69) is 15.1 Å². The number of ether oxygens (including phenoxy) is 2. The van der Waals surface area contributed by atoms with Crippen molar-refractivity contribution in [2.24, 2.45) is 7.05 Å². The van der Waals surface area contributed by atoms with Gasteiger partial charge in [0.15, 0.2) is 0 Å². The molecule has 176 valence electrons. The van der Waals surface area contributed by atoms with Gasteiger partial charge in [0.1, 0.15) is 16.6 Å². The Labute approximate surface area is 182 Å². The Morgan fingerprint density at radius 1 is 1.22 bits per heavy atom. The fourth-order valence-corrected chi connectivity index (χ4v) is 5.39. The van der Waals surface area contributed by atoms with Crippen molar-refractivity contribution in [3.8, 4) is 5.88 Å². The average molecular weight is 476 g/mol. The zero-order valence-corrected chi connectivity index (χ0v) is 18.1. The first-order chi connectivity index (χ1) is 15.1. The largest absolute Gasteiger partial charge is 0.471 e. The molecule has 2 aromatic heterocycles. The fourth-order valence-electron chi connectivity index (χ4n) is 3.94. The average Bonchev–Trinajstić information content (AvgIpc) is 3.38. The van der Waals surface area contributed by atoms with Crippen LogP contribution in [0.5, 0.6) is 5.88 Å². The minimum Gasteiger partial charge on any atom is -0.471 e. The maximum atomic E-state index is 14.0. The first-order valence-electron chi connectivity index (χ1n) is 10.0. The van der Waals surface area contributed by atoms with Gasteiger partial charge in [-0.25, -0.2) is 13.4 Å². The minimum absolute atomic E-state index is 0.0372. The lowest BCUT2D eigenvalue weighted by molar-refractivity contribution is -0.140. The molecule has 1 unspecified atom stereocenters. The topological polar surface area (TPSA) is 125 Å². The molecule has 0 saturated carbocycles. The van der Waals surface area contributed by atoms with Crippen molar-refractivity contribution >= 4 is 16.0 Å². The highest BCUT2D eigenvalue weighted by molar-refractivity contribution is 7.89. The minimum atomic E-state index is -4.77. The number of hydrogen-bond donors (Lipinski definition) is 1. The van der Waals surface area contributed by atoms with Crippen LogP contribution in [0.1, 0.15) is 36.4 Å². The van der Waals surface area contributed by atoms with E-state index in [4.69, 9.17) is 15.2 Å². The molecule has 2 aliphatic rings. The molecule has 0 bridgehead atoms. The summed E-state index contributed by atoms with van der Waals surface area (Å²) in [6.45, 7) is 0.635. The number of nitrogen functional groups attached to an aromatic ring is 1. The first kappa shape index (κ1) is 22.7. The van der Waals surface area contributed by atoms with Crippen molar-refractivity contribution in [1.82, 2.24) is 24.1 Å². The summed E-state index contributed by atoms with van der Waals surface area (Å²) in [6, 6.07) is 0. The molecule has 0 amide bonds. The van der Waals surface area contributed by atoms with Gasteiger partial charge in [0, 0.05) is 38.7 Å². The van der Waals surface area contributed by atoms with Crippen molar-refractivity contribution in [2.75, 3.05) is 32.0 Å². The second-order valence-electron chi connectivity index (χ2n) is 7.78. The van der Waals surface area contributed by atoms with Crippen molar-refractivity contribution < 1.29 is 31.1 Å². The monoisotopic (exact) mass is 476 g/mol. The van der Waals surface area contributed by atoms with Crippen LogP contribution in [0, 0.1) is 0 Å². The van der Waals surface area contributed by atoms with E-state index in [-0.39, 0.29) is 49.1 Å². The standard InChI is InChI=1S/C18H23F3N6O4S/c1-26-9-13(8-23-26)32(28,29)27-5-2-11(3-6-27)15-14(18(19,20)21)16(25-17(22)24-15)31-12-4-7-30-10-12/h8-9,11-12H,2-7,10H2,1H3,(H2,22,24,25). The van der Waals surface area contributed by atoms with Gasteiger partial charge in [0.2, 0.25) is 21.9 Å². The highest BCUT2D eigenvalue weighted by Gasteiger charge is 2.43. The molecular weight excluding hydrogens is 453 g/mol. The molecule has 1 atom stereocenters. The summed E-state index contributed by atoms with van der Waals surface area (Å²) >= 11 is 0. The third kappa shape index (κ3) is 4.52. The molecular formula is C18H23F3N6O4S. The number of piperidine rings is 1. The molecule has 2 saturated heterocycles. The number of nitrogens with two attached hydrogens (primary N) is 1. The SMILES string of the molecule is Cn1cc(S(=O)(=O)N2CCC(c3nc(N)nc(OC4CCOC4)c3C(F)(F)F)CC2)cn1. The predicted molar refractivity (Wildman–Crippen MR) is 105 cm³/mol. The first-order valence-corrected chi connectivity index (χ1v) is 11.5. The normalized spacial score (nSPS) is 21.2. The van der Waals surface area contributed by atoms with Crippen molar-refractivity contribution in [2.45, 2.75) is 42.4 Å². The predicted octanol–water partition coefficient (Wildman–Crippen LogP) is 1.55. The molecule has 14 heteroatoms. The van der Waals surface area contributed by atoms with Gasteiger partial charge in [-0.3, -0.25) is 4.68 Å². The van der Waals surface area contributed by atoms with Crippen LogP contribution >= 0.6 is 0 Å². The van der Waals surface area contributed by atoms with Crippen LogP contribution in [0.15, 0.2) is 17.3 Å². The molecule has 2 aromatic rings. The summed E-state index contributed by atoms with van der Waals surface area (Å²) in [6.07, 6.45) is -1.96. The molecule has 2 N–H and O–H groups in total. The van der Waals surface area contributed by atoms with Crippen LogP contribution in [0.3, 0.4) is 0 Å². The molecule has 32 heavy (non-hydrogen) atoms. The lowest BCUT2D eigenvalue weighted by Gasteiger charge is -2.32. The van der Waals surface area contributed by atoms with Crippen LogP contribution < -0.4 is 10.5 Å². The Bertz CT molecular complexity index is 1080. The highest BCUT2D eigenvalue weighted by atomic mass is 32.2. The summed E-state index contributed by atoms with van der Waals surface area (Å²) in [4.78, 5) is 7.65. The fraction of sp³-hybridized carbons (Fsp3) is 0.611. The molecule has 4 heterocycles. The van der Waals surface area contributed by atoms with Gasteiger partial charge in [0.05, 0.1) is 25.1 Å². The van der Waals surface area contributed by atoms with Crippen LogP contribution in [0.25, 0.3) is 0 Å². The van der Waals surface area contributed by atoms with E-state index in [0.29, 0.717) is 13.0 Å². The number of rotatable bonds is 5. The smallest absolute Gasteiger partial charge is 0.423 e. The van der Waals surface area contributed by atoms with E-state index < -0.39 is 39.7 Å². The van der Waals surface area contributed by atoms with E-state index in [1.54, 1.807) is 7.05 Å². The third-order valence-corrected chi connectivity index (χ3v) is 7.38. The van der Waals surface area contributed by atoms with Gasteiger partial charge in [0.25, 0.3) is 0 Å². The molecule has 2 aliphatic heterocycles. The molecule has 4 rings (SSSR count). The van der Waals surface area contributed by atoms with Gasteiger partial charge in [-0.1, -0.05) is 0 Å². The summed E-state index contributed by atoms with van der Waals surface area (Å²) in [7, 11) is -2.19. The zero-order valence-electron chi connectivity index (χ0n) is 17.2. The van der Waals surface area contributed by atoms with E-state index in [0.717, 1.165) is 0 Å². The highest BCUT2D eigenvalue weighted by Crippen LogP contribution is 2.43. The number of hydrogen-bond acceptors (Lipinski definition) is 8. The molecule has 10 nitrogen and oxygen atoms in total. The van der Waals surface area contributed by atoms with Crippen LogP contribution in [0.2, 0.25) is 0 Å². The summed E-state index contributed by atoms with van der Waals surface area (Å²) in [5.74, 6) is -1.59. The Hall–Kier alpha value is -2.45. The second kappa shape index (κ2) is 8.48. The third-order valence-electron chi connectivity index (χ3n) is 5.53. The zero-order chi connectivity index (χ0) is 23.1. The number of nitrogens with zero attached hydrogens (tertiary/aromatic N) is 5. The number of aromatic nitrogens is 4. The Kier molecular flexibility index (Phi) is 6.02. The maximum Gasteiger partial charge on any atom is 0.423 e. The van der Waals surface area contributed by atoms with Crippen molar-refractivity contribution in [1.29, 1.82) is 0 Å². The Balaban J connectivity index is 1.59.